The maximum absolute atomic E-state index is 6.75. The van der Waals surface area contributed by atoms with Crippen molar-refractivity contribution in [3.8, 4) is 22.3 Å². The van der Waals surface area contributed by atoms with Crippen LogP contribution in [0.2, 0.25) is 0 Å². The lowest BCUT2D eigenvalue weighted by Gasteiger charge is -2.61. The molecular formula is C57H51N3O. The van der Waals surface area contributed by atoms with Gasteiger partial charge < -0.3 is 10.2 Å². The van der Waals surface area contributed by atoms with Crippen LogP contribution in [0.5, 0.6) is 0 Å². The lowest BCUT2D eigenvalue weighted by atomic mass is 9.43. The average molecular weight is 794 g/mol. The number of nitrogens with zero attached hydrogens (tertiary/aromatic N) is 2. The molecule has 0 atom stereocenters. The quantitative estimate of drug-likeness (QED) is 0.139. The van der Waals surface area contributed by atoms with Gasteiger partial charge in [-0.15, -0.1) is 0 Å². The van der Waals surface area contributed by atoms with Crippen molar-refractivity contribution in [2.24, 2.45) is 39.4 Å². The van der Waals surface area contributed by atoms with Crippen LogP contribution in [0.15, 0.2) is 160 Å². The van der Waals surface area contributed by atoms with E-state index in [1.165, 1.54) is 70.7 Å². The number of benzene rings is 7. The number of fused-ring (bicyclic) bond motifs is 7. The molecule has 0 aliphatic heterocycles. The molecule has 300 valence electrons. The molecule has 4 nitrogen and oxygen atoms in total. The van der Waals surface area contributed by atoms with E-state index in [9.17, 15) is 0 Å². The molecule has 1 spiro atoms. The van der Waals surface area contributed by atoms with Gasteiger partial charge in [0.1, 0.15) is 17.0 Å². The minimum atomic E-state index is 0.0451. The van der Waals surface area contributed by atoms with E-state index in [0.29, 0.717) is 30.1 Å². The molecule has 5 aliphatic rings. The molecule has 2 N–H and O–H groups in total. The highest BCUT2D eigenvalue weighted by Gasteiger charge is 2.61. The van der Waals surface area contributed by atoms with Crippen LogP contribution in [0.3, 0.4) is 0 Å². The van der Waals surface area contributed by atoms with Crippen molar-refractivity contribution >= 4 is 44.4 Å². The largest absolute Gasteiger partial charge is 0.456 e. The molecule has 0 unspecified atom stereocenters. The first-order valence-corrected chi connectivity index (χ1v) is 22.4. The molecule has 0 radical (unpaired) electrons. The van der Waals surface area contributed by atoms with Gasteiger partial charge >= 0.3 is 0 Å². The number of rotatable bonds is 5. The van der Waals surface area contributed by atoms with E-state index < -0.39 is 0 Å². The number of hydrogen-bond donors (Lipinski definition) is 1. The standard InChI is InChI=1S/C57H51N3O/c1-56(2,3)43-15-9-10-34(23-43)33-59-55(60-54(58)37-11-5-4-6-12-37)42-18-21-48-47-20-17-41(31-52(47)61-53(48)32-42)40-16-19-46-49-28-38-13-7-8-14-39(38)29-51(49)57(50(46)30-40)44-24-35-22-36(26-44)27-45(57)25-35/h4-21,23,28-32,35-36,44-45H,22,24-27,33H2,1-3H3,(H2,58,59,60). The van der Waals surface area contributed by atoms with Crippen LogP contribution in [0.1, 0.15) is 86.3 Å². The Balaban J connectivity index is 0.936. The Morgan fingerprint density at radius 1 is 0.607 bits per heavy atom. The molecule has 4 fully saturated rings. The number of nitrogens with two attached hydrogens (primary N) is 1. The summed E-state index contributed by atoms with van der Waals surface area (Å²) in [6, 6.07) is 53.1. The van der Waals surface area contributed by atoms with Crippen LogP contribution >= 0.6 is 0 Å². The molecule has 8 aromatic rings. The average Bonchev–Trinajstić information content (AvgIpc) is 3.77. The lowest BCUT2D eigenvalue weighted by molar-refractivity contribution is -0.0398. The Kier molecular flexibility index (Phi) is 8.17. The van der Waals surface area contributed by atoms with E-state index in [1.54, 1.807) is 11.1 Å². The van der Waals surface area contributed by atoms with Gasteiger partial charge in [-0.3, -0.25) is 4.99 Å². The number of aliphatic imine (C=N–C) groups is 2. The van der Waals surface area contributed by atoms with Crippen LogP contribution < -0.4 is 5.73 Å². The molecule has 7 aromatic carbocycles. The van der Waals surface area contributed by atoms with Gasteiger partial charge in [-0.2, -0.15) is 0 Å². The Hall–Kier alpha value is -6.26. The molecule has 4 bridgehead atoms. The van der Waals surface area contributed by atoms with Crippen molar-refractivity contribution < 1.29 is 4.42 Å². The Bertz CT molecular complexity index is 3100. The molecule has 5 aliphatic carbocycles. The molecule has 4 saturated carbocycles. The van der Waals surface area contributed by atoms with Crippen molar-refractivity contribution in [3.63, 3.8) is 0 Å². The van der Waals surface area contributed by atoms with E-state index in [4.69, 9.17) is 20.1 Å². The van der Waals surface area contributed by atoms with E-state index in [2.05, 4.69) is 136 Å². The van der Waals surface area contributed by atoms with Gasteiger partial charge in [0.05, 0.1) is 6.54 Å². The van der Waals surface area contributed by atoms with Gasteiger partial charge in [0, 0.05) is 27.3 Å². The first-order chi connectivity index (χ1) is 29.7. The zero-order valence-corrected chi connectivity index (χ0v) is 35.3. The molecule has 0 saturated heterocycles. The summed E-state index contributed by atoms with van der Waals surface area (Å²) in [7, 11) is 0. The zero-order valence-electron chi connectivity index (χ0n) is 35.3. The van der Waals surface area contributed by atoms with Crippen LogP contribution in [0.25, 0.3) is 55.0 Å². The van der Waals surface area contributed by atoms with Crippen molar-refractivity contribution in [2.45, 2.75) is 70.3 Å². The van der Waals surface area contributed by atoms with Crippen molar-refractivity contribution in [1.82, 2.24) is 0 Å². The summed E-state index contributed by atoms with van der Waals surface area (Å²) in [5, 5.41) is 4.89. The van der Waals surface area contributed by atoms with E-state index in [-0.39, 0.29) is 10.8 Å². The molecule has 13 rings (SSSR count). The summed E-state index contributed by atoms with van der Waals surface area (Å²) in [6.07, 6.45) is 6.94. The molecule has 0 amide bonds. The smallest absolute Gasteiger partial charge is 0.157 e. The predicted molar refractivity (Wildman–Crippen MR) is 252 cm³/mol. The SMILES string of the molecule is CC(C)(C)c1cccc(CN=C(N=C(N)c2ccccc2)c2ccc3c(c2)oc2cc(-c4ccc5c(c4)C4(c6cc7ccccc7cc6-5)C5CC6CC(C5)CC4C6)ccc23)c1. The number of furan rings is 1. The predicted octanol–water partition coefficient (Wildman–Crippen LogP) is 13.8. The fourth-order valence-corrected chi connectivity index (χ4v) is 12.4. The first kappa shape index (κ1) is 36.6. The Morgan fingerprint density at radius 3 is 2.02 bits per heavy atom. The maximum atomic E-state index is 6.75. The second-order valence-corrected chi connectivity index (χ2v) is 19.7. The van der Waals surface area contributed by atoms with Crippen LogP contribution in [-0.2, 0) is 17.4 Å². The normalized spacial score (nSPS) is 23.1. The van der Waals surface area contributed by atoms with E-state index in [1.807, 2.05) is 30.3 Å². The monoisotopic (exact) mass is 793 g/mol. The van der Waals surface area contributed by atoms with Gasteiger partial charge in [-0.05, 0) is 159 Å². The summed E-state index contributed by atoms with van der Waals surface area (Å²) in [5.74, 6) is 4.24. The third kappa shape index (κ3) is 5.86. The van der Waals surface area contributed by atoms with Crippen molar-refractivity contribution in [2.75, 3.05) is 0 Å². The topological polar surface area (TPSA) is 63.9 Å². The third-order valence-electron chi connectivity index (χ3n) is 15.1. The van der Waals surface area contributed by atoms with Crippen molar-refractivity contribution in [3.05, 3.63) is 179 Å². The lowest BCUT2D eigenvalue weighted by Crippen LogP contribution is -2.55. The molecular weight excluding hydrogens is 743 g/mol. The highest BCUT2D eigenvalue weighted by Crippen LogP contribution is 2.69. The highest BCUT2D eigenvalue weighted by atomic mass is 16.3. The first-order valence-electron chi connectivity index (χ1n) is 22.4. The fourth-order valence-electron chi connectivity index (χ4n) is 12.4. The van der Waals surface area contributed by atoms with Gasteiger partial charge in [-0.1, -0.05) is 124 Å². The minimum absolute atomic E-state index is 0.0451. The highest BCUT2D eigenvalue weighted by molar-refractivity contribution is 6.13. The van der Waals surface area contributed by atoms with Crippen LogP contribution in [0, 0.1) is 23.7 Å². The van der Waals surface area contributed by atoms with Gasteiger partial charge in [0.2, 0.25) is 0 Å². The third-order valence-corrected chi connectivity index (χ3v) is 15.1. The molecule has 4 heteroatoms. The summed E-state index contributed by atoms with van der Waals surface area (Å²) in [5.41, 5.74) is 21.2. The molecule has 61 heavy (non-hydrogen) atoms. The second kappa shape index (κ2) is 13.6. The molecule has 1 aromatic heterocycles. The zero-order chi connectivity index (χ0) is 41.0. The van der Waals surface area contributed by atoms with Crippen LogP contribution in [0.4, 0.5) is 0 Å². The fraction of sp³-hybridized carbons (Fsp3) is 0.263. The van der Waals surface area contributed by atoms with Crippen LogP contribution in [-0.4, -0.2) is 11.7 Å². The van der Waals surface area contributed by atoms with Crippen molar-refractivity contribution in [1.29, 1.82) is 0 Å². The van der Waals surface area contributed by atoms with Gasteiger partial charge in [0.25, 0.3) is 0 Å². The number of hydrogen-bond acceptors (Lipinski definition) is 2. The Labute approximate surface area is 358 Å². The summed E-state index contributed by atoms with van der Waals surface area (Å²) in [4.78, 5) is 10.0. The number of amidine groups is 2. The second-order valence-electron chi connectivity index (χ2n) is 19.7. The van der Waals surface area contributed by atoms with Gasteiger partial charge in [-0.25, -0.2) is 4.99 Å². The summed E-state index contributed by atoms with van der Waals surface area (Å²) < 4.78 is 6.75. The summed E-state index contributed by atoms with van der Waals surface area (Å²) >= 11 is 0. The summed E-state index contributed by atoms with van der Waals surface area (Å²) in [6.45, 7) is 7.20. The minimum Gasteiger partial charge on any atom is -0.456 e. The van der Waals surface area contributed by atoms with E-state index in [0.717, 1.165) is 50.5 Å². The van der Waals surface area contributed by atoms with E-state index >= 15 is 0 Å². The Morgan fingerprint density at radius 2 is 1.26 bits per heavy atom. The van der Waals surface area contributed by atoms with Gasteiger partial charge in [0.15, 0.2) is 5.84 Å². The molecule has 1 heterocycles. The maximum Gasteiger partial charge on any atom is 0.157 e.